The molecule has 1 N–H and O–H groups in total. The molecule has 7 heteroatoms. The zero-order chi connectivity index (χ0) is 13.8. The van der Waals surface area contributed by atoms with Crippen LogP contribution in [0.5, 0.6) is 0 Å². The van der Waals surface area contributed by atoms with Gasteiger partial charge in [0, 0.05) is 46.2 Å². The Balaban J connectivity index is 2.84. The molecule has 0 aliphatic rings. The van der Waals surface area contributed by atoms with Crippen molar-refractivity contribution in [3.8, 4) is 0 Å². The molecule has 0 amide bonds. The van der Waals surface area contributed by atoms with Gasteiger partial charge in [0.2, 0.25) is 10.0 Å². The third kappa shape index (κ3) is 3.32. The summed E-state index contributed by atoms with van der Waals surface area (Å²) in [5.74, 6) is 0. The molecule has 0 radical (unpaired) electrons. The summed E-state index contributed by atoms with van der Waals surface area (Å²) in [6.07, 6.45) is 2.15. The van der Waals surface area contributed by atoms with Crippen LogP contribution in [-0.2, 0) is 28.4 Å². The van der Waals surface area contributed by atoms with Crippen LogP contribution in [0.1, 0.15) is 12.1 Å². The van der Waals surface area contributed by atoms with Gasteiger partial charge < -0.3 is 14.4 Å². The number of ether oxygens (including phenoxy) is 1. The molecule has 18 heavy (non-hydrogen) atoms. The Labute approximate surface area is 108 Å². The van der Waals surface area contributed by atoms with Crippen molar-refractivity contribution in [3.05, 3.63) is 18.0 Å². The first-order chi connectivity index (χ1) is 8.43. The number of hydrogen-bond acceptors (Lipinski definition) is 4. The number of methoxy groups -OCH3 is 1. The van der Waals surface area contributed by atoms with Crippen molar-refractivity contribution < 1.29 is 18.3 Å². The second-order valence-corrected chi connectivity index (χ2v) is 6.15. The lowest BCUT2D eigenvalue weighted by molar-refractivity contribution is 0.189. The smallest absolute Gasteiger partial charge is 0.244 e. The summed E-state index contributed by atoms with van der Waals surface area (Å²) in [4.78, 5) is 0.203. The summed E-state index contributed by atoms with van der Waals surface area (Å²) in [7, 11) is 1.34. The van der Waals surface area contributed by atoms with E-state index in [1.807, 2.05) is 0 Å². The number of sulfonamides is 1. The van der Waals surface area contributed by atoms with Crippen molar-refractivity contribution in [2.45, 2.75) is 17.9 Å². The minimum atomic E-state index is -3.49. The zero-order valence-corrected chi connectivity index (χ0v) is 11.8. The van der Waals surface area contributed by atoms with E-state index in [0.717, 1.165) is 0 Å². The average molecular weight is 276 g/mol. The predicted octanol–water partition coefficient (Wildman–Crippen LogP) is 0.174. The molecule has 0 atom stereocenters. The second-order valence-electron chi connectivity index (χ2n) is 4.11. The van der Waals surface area contributed by atoms with Crippen LogP contribution in [0.25, 0.3) is 0 Å². The first kappa shape index (κ1) is 15.2. The fraction of sp³-hybridized carbons (Fsp3) is 0.636. The third-order valence-electron chi connectivity index (χ3n) is 2.77. The zero-order valence-electron chi connectivity index (χ0n) is 11.0. The molecule has 0 aliphatic carbocycles. The van der Waals surface area contributed by atoms with Crippen molar-refractivity contribution in [1.29, 1.82) is 0 Å². The van der Waals surface area contributed by atoms with Gasteiger partial charge in [0.25, 0.3) is 0 Å². The Bertz CT molecular complexity index is 481. The normalized spacial score (nSPS) is 12.3. The van der Waals surface area contributed by atoms with Gasteiger partial charge in [0.15, 0.2) is 0 Å². The monoisotopic (exact) mass is 276 g/mol. The Hall–Kier alpha value is -0.890. The number of rotatable bonds is 7. The van der Waals surface area contributed by atoms with Gasteiger partial charge in [-0.2, -0.15) is 0 Å². The maximum atomic E-state index is 12.2. The molecule has 0 aliphatic heterocycles. The van der Waals surface area contributed by atoms with E-state index in [0.29, 0.717) is 25.3 Å². The van der Waals surface area contributed by atoms with Crippen LogP contribution in [0.2, 0.25) is 0 Å². The maximum absolute atomic E-state index is 12.2. The minimum absolute atomic E-state index is 0.181. The first-order valence-corrected chi connectivity index (χ1v) is 7.09. The van der Waals surface area contributed by atoms with Gasteiger partial charge in [-0.15, -0.1) is 0 Å². The molecule has 1 aromatic rings. The summed E-state index contributed by atoms with van der Waals surface area (Å²) < 4.78 is 32.2. The Morgan fingerprint density at radius 1 is 1.50 bits per heavy atom. The fourth-order valence-corrected chi connectivity index (χ4v) is 2.91. The lowest BCUT2D eigenvalue weighted by atomic mass is 10.4. The molecule has 6 nitrogen and oxygen atoms in total. The van der Waals surface area contributed by atoms with E-state index >= 15 is 0 Å². The van der Waals surface area contributed by atoms with Gasteiger partial charge in [-0.3, -0.25) is 0 Å². The Morgan fingerprint density at radius 3 is 2.67 bits per heavy atom. The number of aryl methyl sites for hydroxylation is 1. The molecule has 104 valence electrons. The molecule has 1 rings (SSSR count). The highest BCUT2D eigenvalue weighted by Gasteiger charge is 2.22. The lowest BCUT2D eigenvalue weighted by Crippen LogP contribution is -2.28. The highest BCUT2D eigenvalue weighted by Crippen LogP contribution is 2.17. The van der Waals surface area contributed by atoms with Crippen molar-refractivity contribution in [2.75, 3.05) is 27.3 Å². The maximum Gasteiger partial charge on any atom is 0.244 e. The van der Waals surface area contributed by atoms with E-state index in [1.54, 1.807) is 18.7 Å². The summed E-state index contributed by atoms with van der Waals surface area (Å²) in [6, 6.07) is 1.49. The first-order valence-electron chi connectivity index (χ1n) is 5.65. The van der Waals surface area contributed by atoms with Gasteiger partial charge in [-0.25, -0.2) is 12.7 Å². The molecular formula is C11H20N2O4S. The minimum Gasteiger partial charge on any atom is -0.390 e. The van der Waals surface area contributed by atoms with Crippen molar-refractivity contribution in [3.63, 3.8) is 0 Å². The summed E-state index contributed by atoms with van der Waals surface area (Å²) >= 11 is 0. The largest absolute Gasteiger partial charge is 0.390 e. The third-order valence-corrected chi connectivity index (χ3v) is 4.60. The van der Waals surface area contributed by atoms with E-state index in [9.17, 15) is 8.42 Å². The van der Waals surface area contributed by atoms with Crippen molar-refractivity contribution in [1.82, 2.24) is 8.87 Å². The fourth-order valence-electron chi connectivity index (χ4n) is 1.61. The van der Waals surface area contributed by atoms with Crippen LogP contribution < -0.4 is 0 Å². The number of aromatic nitrogens is 1. The molecule has 1 heterocycles. The van der Waals surface area contributed by atoms with Gasteiger partial charge in [0.05, 0.1) is 6.61 Å². The average Bonchev–Trinajstić information content (AvgIpc) is 2.71. The van der Waals surface area contributed by atoms with Crippen LogP contribution in [0.3, 0.4) is 0 Å². The van der Waals surface area contributed by atoms with E-state index in [-0.39, 0.29) is 11.5 Å². The van der Waals surface area contributed by atoms with Gasteiger partial charge in [0.1, 0.15) is 4.90 Å². The second kappa shape index (κ2) is 6.33. The molecule has 0 bridgehead atoms. The van der Waals surface area contributed by atoms with Gasteiger partial charge in [-0.1, -0.05) is 0 Å². The van der Waals surface area contributed by atoms with Crippen LogP contribution in [0, 0.1) is 0 Å². The van der Waals surface area contributed by atoms with Crippen LogP contribution in [0.15, 0.2) is 17.2 Å². The summed E-state index contributed by atoms with van der Waals surface area (Å²) in [5, 5.41) is 9.06. The lowest BCUT2D eigenvalue weighted by Gasteiger charge is -2.15. The van der Waals surface area contributed by atoms with Crippen LogP contribution in [-0.4, -0.2) is 49.7 Å². The molecule has 0 saturated carbocycles. The SMILES string of the molecule is COCCCN(C)S(=O)(=O)c1cc(CO)n(C)c1. The van der Waals surface area contributed by atoms with Gasteiger partial charge >= 0.3 is 0 Å². The summed E-state index contributed by atoms with van der Waals surface area (Å²) in [5.41, 5.74) is 0.568. The van der Waals surface area contributed by atoms with Crippen LogP contribution >= 0.6 is 0 Å². The van der Waals surface area contributed by atoms with E-state index < -0.39 is 10.0 Å². The predicted molar refractivity (Wildman–Crippen MR) is 67.6 cm³/mol. The van der Waals surface area contributed by atoms with Gasteiger partial charge in [-0.05, 0) is 12.5 Å². The number of nitrogens with zero attached hydrogens (tertiary/aromatic N) is 2. The molecule has 0 spiro atoms. The highest BCUT2D eigenvalue weighted by atomic mass is 32.2. The Morgan fingerprint density at radius 2 is 2.17 bits per heavy atom. The van der Waals surface area contributed by atoms with Crippen molar-refractivity contribution in [2.24, 2.45) is 7.05 Å². The molecule has 0 saturated heterocycles. The molecule has 1 aromatic heterocycles. The summed E-state index contributed by atoms with van der Waals surface area (Å²) in [6.45, 7) is 0.746. The topological polar surface area (TPSA) is 71.8 Å². The van der Waals surface area contributed by atoms with E-state index in [2.05, 4.69) is 0 Å². The number of aliphatic hydroxyl groups excluding tert-OH is 1. The van der Waals surface area contributed by atoms with Crippen molar-refractivity contribution >= 4 is 10.0 Å². The number of hydrogen-bond donors (Lipinski definition) is 1. The quantitative estimate of drug-likeness (QED) is 0.721. The van der Waals surface area contributed by atoms with E-state index in [4.69, 9.17) is 9.84 Å². The Kier molecular flexibility index (Phi) is 5.33. The van der Waals surface area contributed by atoms with E-state index in [1.165, 1.54) is 23.6 Å². The standard InChI is InChI=1S/C11H20N2O4S/c1-12-8-11(7-10(12)9-14)18(15,16)13(2)5-4-6-17-3/h7-8,14H,4-6,9H2,1-3H3. The highest BCUT2D eigenvalue weighted by molar-refractivity contribution is 7.89. The molecule has 0 fully saturated rings. The number of aliphatic hydroxyl groups is 1. The molecule has 0 aromatic carbocycles. The van der Waals surface area contributed by atoms with Crippen LogP contribution in [0.4, 0.5) is 0 Å². The molecule has 0 unspecified atom stereocenters. The molecular weight excluding hydrogens is 256 g/mol.